The van der Waals surface area contributed by atoms with Crippen LogP contribution >= 0.6 is 0 Å². The van der Waals surface area contributed by atoms with Crippen LogP contribution in [0.15, 0.2) is 18.2 Å². The maximum absolute atomic E-state index is 13.4. The van der Waals surface area contributed by atoms with Gasteiger partial charge in [-0.1, -0.05) is 6.07 Å². The fraction of sp³-hybridized carbons (Fsp3) is 0.467. The molecule has 23 heavy (non-hydrogen) atoms. The Labute approximate surface area is 134 Å². The Morgan fingerprint density at radius 3 is 2.65 bits per heavy atom. The Morgan fingerprint density at radius 2 is 2.09 bits per heavy atom. The Hall–Kier alpha value is -1.96. The lowest BCUT2D eigenvalue weighted by molar-refractivity contribution is -0.134. The maximum atomic E-state index is 13.4. The molecule has 0 N–H and O–H groups in total. The first-order chi connectivity index (χ1) is 10.7. The van der Waals surface area contributed by atoms with Crippen molar-refractivity contribution in [2.45, 2.75) is 19.4 Å². The van der Waals surface area contributed by atoms with Gasteiger partial charge in [0.15, 0.2) is 16.4 Å². The van der Waals surface area contributed by atoms with Gasteiger partial charge in [0, 0.05) is 13.1 Å². The molecule has 1 aliphatic heterocycles. The number of halogens is 1. The van der Waals surface area contributed by atoms with Crippen LogP contribution in [0, 0.1) is 12.7 Å². The summed E-state index contributed by atoms with van der Waals surface area (Å²) in [6, 6.07) is 3.51. The summed E-state index contributed by atoms with van der Waals surface area (Å²) in [6.45, 7) is 1.06. The summed E-state index contributed by atoms with van der Waals surface area (Å²) in [5.74, 6) is -1.85. The summed E-state index contributed by atoms with van der Waals surface area (Å²) in [5, 5.41) is 0. The molecule has 0 bridgehead atoms. The summed E-state index contributed by atoms with van der Waals surface area (Å²) in [5.41, 5.74) is 0.423. The number of sulfone groups is 1. The highest BCUT2D eigenvalue weighted by Crippen LogP contribution is 2.17. The molecule has 1 saturated heterocycles. The Bertz CT molecular complexity index is 731. The van der Waals surface area contributed by atoms with E-state index in [4.69, 9.17) is 4.74 Å². The summed E-state index contributed by atoms with van der Waals surface area (Å²) in [7, 11) is -1.62. The topological polar surface area (TPSA) is 80.8 Å². The lowest BCUT2D eigenvalue weighted by Crippen LogP contribution is -2.40. The van der Waals surface area contributed by atoms with Gasteiger partial charge in [-0.25, -0.2) is 17.6 Å². The molecule has 1 amide bonds. The van der Waals surface area contributed by atoms with Gasteiger partial charge in [-0.3, -0.25) is 4.79 Å². The fourth-order valence-electron chi connectivity index (χ4n) is 2.32. The molecule has 0 aliphatic carbocycles. The molecular weight excluding hydrogens is 325 g/mol. The first-order valence-electron chi connectivity index (χ1n) is 7.09. The molecule has 1 aromatic rings. The molecule has 1 atom stereocenters. The number of rotatable bonds is 4. The smallest absolute Gasteiger partial charge is 0.338 e. The van der Waals surface area contributed by atoms with Gasteiger partial charge in [-0.2, -0.15) is 0 Å². The highest BCUT2D eigenvalue weighted by molar-refractivity contribution is 7.91. The van der Waals surface area contributed by atoms with E-state index < -0.39 is 40.2 Å². The zero-order chi connectivity index (χ0) is 17.2. The molecule has 0 saturated carbocycles. The molecule has 0 radical (unpaired) electrons. The molecule has 1 aliphatic rings. The summed E-state index contributed by atoms with van der Waals surface area (Å²) < 4.78 is 41.1. The van der Waals surface area contributed by atoms with Crippen molar-refractivity contribution >= 4 is 21.7 Å². The number of esters is 1. The van der Waals surface area contributed by atoms with E-state index in [2.05, 4.69) is 0 Å². The first-order valence-corrected chi connectivity index (χ1v) is 8.91. The molecule has 8 heteroatoms. The van der Waals surface area contributed by atoms with E-state index in [1.54, 1.807) is 6.92 Å². The predicted octanol–water partition coefficient (Wildman–Crippen LogP) is 0.936. The Balaban J connectivity index is 1.91. The number of carbonyl (C=O) groups excluding carboxylic acids is 2. The van der Waals surface area contributed by atoms with Crippen LogP contribution in [0.3, 0.4) is 0 Å². The van der Waals surface area contributed by atoms with Gasteiger partial charge < -0.3 is 9.64 Å². The van der Waals surface area contributed by atoms with Crippen molar-refractivity contribution < 1.29 is 27.1 Å². The molecule has 0 spiro atoms. The van der Waals surface area contributed by atoms with E-state index in [9.17, 15) is 22.4 Å². The second-order valence-electron chi connectivity index (χ2n) is 5.60. The van der Waals surface area contributed by atoms with Crippen LogP contribution < -0.4 is 0 Å². The number of hydrogen-bond donors (Lipinski definition) is 0. The largest absolute Gasteiger partial charge is 0.452 e. The highest BCUT2D eigenvalue weighted by atomic mass is 32.2. The van der Waals surface area contributed by atoms with E-state index in [1.807, 2.05) is 0 Å². The first kappa shape index (κ1) is 17.4. The number of carbonyl (C=O) groups is 2. The van der Waals surface area contributed by atoms with Crippen molar-refractivity contribution in [2.75, 3.05) is 25.2 Å². The minimum Gasteiger partial charge on any atom is -0.452 e. The molecule has 0 aromatic heterocycles. The van der Waals surface area contributed by atoms with Crippen molar-refractivity contribution in [3.63, 3.8) is 0 Å². The van der Waals surface area contributed by atoms with Crippen LogP contribution in [0.25, 0.3) is 0 Å². The van der Waals surface area contributed by atoms with E-state index in [1.165, 1.54) is 24.1 Å². The average Bonchev–Trinajstić information content (AvgIpc) is 2.86. The average molecular weight is 343 g/mol. The molecule has 1 heterocycles. The number of hydrogen-bond acceptors (Lipinski definition) is 5. The van der Waals surface area contributed by atoms with Crippen molar-refractivity contribution in [1.82, 2.24) is 4.90 Å². The highest BCUT2D eigenvalue weighted by Gasteiger charge is 2.32. The number of amides is 1. The van der Waals surface area contributed by atoms with Crippen LogP contribution in [-0.4, -0.2) is 56.4 Å². The lowest BCUT2D eigenvalue weighted by Gasteiger charge is -2.23. The van der Waals surface area contributed by atoms with Crippen LogP contribution in [-0.2, 0) is 19.4 Å². The van der Waals surface area contributed by atoms with Crippen LogP contribution in [0.1, 0.15) is 22.3 Å². The normalized spacial score (nSPS) is 19.3. The van der Waals surface area contributed by atoms with Crippen molar-refractivity contribution in [3.05, 3.63) is 35.1 Å². The zero-order valence-electron chi connectivity index (χ0n) is 12.9. The fourth-order valence-corrected chi connectivity index (χ4v) is 4.09. The third kappa shape index (κ3) is 4.28. The van der Waals surface area contributed by atoms with Gasteiger partial charge in [0.25, 0.3) is 5.91 Å². The second kappa shape index (κ2) is 6.66. The molecule has 0 unspecified atom stereocenters. The number of likely N-dealkylation sites (N-methyl/N-ethyl adjacent to an activating group) is 1. The summed E-state index contributed by atoms with van der Waals surface area (Å²) >= 11 is 0. The second-order valence-corrected chi connectivity index (χ2v) is 7.83. The van der Waals surface area contributed by atoms with Crippen LogP contribution in [0.5, 0.6) is 0 Å². The van der Waals surface area contributed by atoms with Gasteiger partial charge >= 0.3 is 5.97 Å². The van der Waals surface area contributed by atoms with Crippen LogP contribution in [0.2, 0.25) is 0 Å². The molecule has 1 aromatic carbocycles. The van der Waals surface area contributed by atoms with Crippen molar-refractivity contribution in [3.8, 4) is 0 Å². The minimum atomic E-state index is -3.10. The van der Waals surface area contributed by atoms with Crippen molar-refractivity contribution in [2.24, 2.45) is 0 Å². The predicted molar refractivity (Wildman–Crippen MR) is 81.2 cm³/mol. The standard InChI is InChI=1S/C15H18FNO5S/c1-10-3-4-11(7-13(10)16)15(19)22-8-14(18)17(2)12-5-6-23(20,21)9-12/h3-4,7,12H,5-6,8-9H2,1-2H3/t12-/m1/s1. The van der Waals surface area contributed by atoms with Gasteiger partial charge in [0.2, 0.25) is 0 Å². The minimum absolute atomic E-state index is 0.0204. The third-order valence-corrected chi connectivity index (χ3v) is 5.63. The molecule has 6 nitrogen and oxygen atoms in total. The number of aryl methyl sites for hydroxylation is 1. The SMILES string of the molecule is Cc1ccc(C(=O)OCC(=O)N(C)[C@@H]2CCS(=O)(=O)C2)cc1F. The van der Waals surface area contributed by atoms with E-state index in [0.717, 1.165) is 6.07 Å². The summed E-state index contributed by atoms with van der Waals surface area (Å²) in [6.07, 6.45) is 0.377. The van der Waals surface area contributed by atoms with Gasteiger partial charge in [-0.15, -0.1) is 0 Å². The molecule has 126 valence electrons. The third-order valence-electron chi connectivity index (χ3n) is 3.88. The lowest BCUT2D eigenvalue weighted by atomic mass is 10.1. The molecule has 2 rings (SSSR count). The van der Waals surface area contributed by atoms with Gasteiger partial charge in [0.1, 0.15) is 5.82 Å². The number of ether oxygens (including phenoxy) is 1. The van der Waals surface area contributed by atoms with E-state index in [0.29, 0.717) is 12.0 Å². The number of nitrogens with zero attached hydrogens (tertiary/aromatic N) is 1. The zero-order valence-corrected chi connectivity index (χ0v) is 13.7. The maximum Gasteiger partial charge on any atom is 0.338 e. The Morgan fingerprint density at radius 1 is 1.39 bits per heavy atom. The monoisotopic (exact) mass is 343 g/mol. The Kier molecular flexibility index (Phi) is 5.03. The van der Waals surface area contributed by atoms with Gasteiger partial charge in [-0.05, 0) is 31.0 Å². The van der Waals surface area contributed by atoms with Crippen LogP contribution in [0.4, 0.5) is 4.39 Å². The van der Waals surface area contributed by atoms with E-state index in [-0.39, 0.29) is 17.1 Å². The molecular formula is C15H18FNO5S. The summed E-state index contributed by atoms with van der Waals surface area (Å²) in [4.78, 5) is 25.1. The quantitative estimate of drug-likeness (QED) is 0.760. The molecule has 1 fully saturated rings. The van der Waals surface area contributed by atoms with E-state index >= 15 is 0 Å². The van der Waals surface area contributed by atoms with Gasteiger partial charge in [0.05, 0.1) is 17.1 Å². The van der Waals surface area contributed by atoms with Crippen molar-refractivity contribution in [1.29, 1.82) is 0 Å². The number of benzene rings is 1.